The molecule has 1 aliphatic rings. The molecule has 1 fully saturated rings. The SMILES string of the molecule is CC(C1CC1)N(C)c1ccc(N)c(C#N)n1. The summed E-state index contributed by atoms with van der Waals surface area (Å²) < 4.78 is 0. The molecule has 1 atom stereocenters. The van der Waals surface area contributed by atoms with Crippen LogP contribution >= 0.6 is 0 Å². The fraction of sp³-hybridized carbons (Fsp3) is 0.500. The van der Waals surface area contributed by atoms with Gasteiger partial charge in [0.1, 0.15) is 11.9 Å². The normalized spacial score (nSPS) is 16.6. The van der Waals surface area contributed by atoms with Gasteiger partial charge in [-0.2, -0.15) is 5.26 Å². The van der Waals surface area contributed by atoms with Crippen LogP contribution in [0.4, 0.5) is 11.5 Å². The third kappa shape index (κ3) is 1.94. The summed E-state index contributed by atoms with van der Waals surface area (Å²) in [6.45, 7) is 2.20. The summed E-state index contributed by atoms with van der Waals surface area (Å²) in [4.78, 5) is 6.38. The lowest BCUT2D eigenvalue weighted by Gasteiger charge is -2.26. The van der Waals surface area contributed by atoms with Gasteiger partial charge in [0.2, 0.25) is 0 Å². The van der Waals surface area contributed by atoms with E-state index in [-0.39, 0.29) is 0 Å². The van der Waals surface area contributed by atoms with Crippen LogP contribution in [0.1, 0.15) is 25.5 Å². The topological polar surface area (TPSA) is 65.9 Å². The lowest BCUT2D eigenvalue weighted by atomic mass is 10.2. The summed E-state index contributed by atoms with van der Waals surface area (Å²) in [6, 6.07) is 6.10. The van der Waals surface area contributed by atoms with Crippen molar-refractivity contribution < 1.29 is 0 Å². The fourth-order valence-corrected chi connectivity index (χ4v) is 1.85. The summed E-state index contributed by atoms with van der Waals surface area (Å²) in [6.07, 6.45) is 2.59. The fourth-order valence-electron chi connectivity index (χ4n) is 1.85. The van der Waals surface area contributed by atoms with Gasteiger partial charge >= 0.3 is 0 Å². The number of nitriles is 1. The molecule has 16 heavy (non-hydrogen) atoms. The highest BCUT2D eigenvalue weighted by atomic mass is 15.2. The predicted octanol–water partition coefficient (Wildman–Crippen LogP) is 1.77. The van der Waals surface area contributed by atoms with Crippen molar-refractivity contribution in [3.05, 3.63) is 17.8 Å². The number of hydrogen-bond donors (Lipinski definition) is 1. The molecule has 1 aromatic heterocycles. The minimum absolute atomic E-state index is 0.312. The molecule has 0 aromatic carbocycles. The Morgan fingerprint density at radius 1 is 1.56 bits per heavy atom. The molecular formula is C12H16N4. The van der Waals surface area contributed by atoms with Crippen LogP contribution in [-0.4, -0.2) is 18.1 Å². The molecular weight excluding hydrogens is 200 g/mol. The number of hydrogen-bond acceptors (Lipinski definition) is 4. The molecule has 0 radical (unpaired) electrons. The van der Waals surface area contributed by atoms with E-state index in [4.69, 9.17) is 11.0 Å². The van der Waals surface area contributed by atoms with Gasteiger partial charge in [0.15, 0.2) is 5.69 Å². The van der Waals surface area contributed by atoms with Gasteiger partial charge in [0.05, 0.1) is 5.69 Å². The molecule has 1 saturated carbocycles. The van der Waals surface area contributed by atoms with Gasteiger partial charge < -0.3 is 10.6 Å². The Balaban J connectivity index is 2.23. The molecule has 2 rings (SSSR count). The van der Waals surface area contributed by atoms with E-state index in [1.165, 1.54) is 12.8 Å². The summed E-state index contributed by atoms with van der Waals surface area (Å²) in [5.74, 6) is 1.60. The molecule has 1 aliphatic carbocycles. The molecule has 1 unspecified atom stereocenters. The molecule has 0 amide bonds. The number of nitrogens with zero attached hydrogens (tertiary/aromatic N) is 3. The maximum atomic E-state index is 8.87. The van der Waals surface area contributed by atoms with Crippen LogP contribution in [0.15, 0.2) is 12.1 Å². The molecule has 1 aromatic rings. The van der Waals surface area contributed by atoms with E-state index < -0.39 is 0 Å². The van der Waals surface area contributed by atoms with Crippen molar-refractivity contribution in [3.63, 3.8) is 0 Å². The van der Waals surface area contributed by atoms with E-state index in [9.17, 15) is 0 Å². The zero-order valence-electron chi connectivity index (χ0n) is 9.64. The Hall–Kier alpha value is -1.76. The number of nitrogens with two attached hydrogens (primary N) is 1. The smallest absolute Gasteiger partial charge is 0.165 e. The maximum Gasteiger partial charge on any atom is 0.165 e. The number of nitrogen functional groups attached to an aromatic ring is 1. The number of anilines is 2. The highest BCUT2D eigenvalue weighted by Crippen LogP contribution is 2.35. The van der Waals surface area contributed by atoms with Gasteiger partial charge in [-0.15, -0.1) is 0 Å². The van der Waals surface area contributed by atoms with Crippen LogP contribution in [0.25, 0.3) is 0 Å². The molecule has 0 aliphatic heterocycles. The highest BCUT2D eigenvalue weighted by molar-refractivity contribution is 5.55. The molecule has 1 heterocycles. The lowest BCUT2D eigenvalue weighted by molar-refractivity contribution is 0.604. The first-order chi connectivity index (χ1) is 7.63. The summed E-state index contributed by atoms with van der Waals surface area (Å²) >= 11 is 0. The van der Waals surface area contributed by atoms with E-state index in [0.29, 0.717) is 17.4 Å². The first-order valence-corrected chi connectivity index (χ1v) is 5.53. The van der Waals surface area contributed by atoms with Crippen LogP contribution in [-0.2, 0) is 0 Å². The third-order valence-corrected chi connectivity index (χ3v) is 3.29. The Labute approximate surface area is 95.7 Å². The minimum Gasteiger partial charge on any atom is -0.396 e. The molecule has 84 valence electrons. The van der Waals surface area contributed by atoms with Crippen LogP contribution in [0, 0.1) is 17.2 Å². The van der Waals surface area contributed by atoms with E-state index >= 15 is 0 Å². The van der Waals surface area contributed by atoms with Crippen molar-refractivity contribution in [1.29, 1.82) is 5.26 Å². The van der Waals surface area contributed by atoms with Crippen molar-refractivity contribution in [2.24, 2.45) is 5.92 Å². The van der Waals surface area contributed by atoms with Crippen molar-refractivity contribution in [2.75, 3.05) is 17.7 Å². The molecule has 0 bridgehead atoms. The second kappa shape index (κ2) is 4.01. The monoisotopic (exact) mass is 216 g/mol. The van der Waals surface area contributed by atoms with Crippen molar-refractivity contribution in [3.8, 4) is 6.07 Å². The van der Waals surface area contributed by atoms with Crippen LogP contribution < -0.4 is 10.6 Å². The Kier molecular flexibility index (Phi) is 2.69. The first kappa shape index (κ1) is 10.7. The molecule has 4 nitrogen and oxygen atoms in total. The van der Waals surface area contributed by atoms with E-state index in [1.54, 1.807) is 6.07 Å². The minimum atomic E-state index is 0.312. The average molecular weight is 216 g/mol. The molecule has 0 saturated heterocycles. The Bertz CT molecular complexity index is 431. The van der Waals surface area contributed by atoms with Crippen LogP contribution in [0.5, 0.6) is 0 Å². The van der Waals surface area contributed by atoms with Gasteiger partial charge in [0.25, 0.3) is 0 Å². The zero-order valence-corrected chi connectivity index (χ0v) is 9.64. The molecule has 4 heteroatoms. The largest absolute Gasteiger partial charge is 0.396 e. The van der Waals surface area contributed by atoms with Gasteiger partial charge in [-0.1, -0.05) is 0 Å². The van der Waals surface area contributed by atoms with Crippen molar-refractivity contribution in [1.82, 2.24) is 4.98 Å². The summed E-state index contributed by atoms with van der Waals surface area (Å²) in [5, 5.41) is 8.87. The standard InChI is InChI=1S/C12H16N4/c1-8(9-3-4-9)16(2)12-6-5-10(14)11(7-13)15-12/h5-6,8-9H,3-4,14H2,1-2H3. The predicted molar refractivity (Wildman–Crippen MR) is 64.0 cm³/mol. The summed E-state index contributed by atoms with van der Waals surface area (Å²) in [5.41, 5.74) is 6.40. The molecule has 2 N–H and O–H groups in total. The van der Waals surface area contributed by atoms with Crippen LogP contribution in [0.3, 0.4) is 0 Å². The van der Waals surface area contributed by atoms with Crippen molar-refractivity contribution in [2.45, 2.75) is 25.8 Å². The zero-order chi connectivity index (χ0) is 11.7. The number of rotatable bonds is 3. The quantitative estimate of drug-likeness (QED) is 0.836. The maximum absolute atomic E-state index is 8.87. The van der Waals surface area contributed by atoms with Gasteiger partial charge in [-0.3, -0.25) is 0 Å². The second-order valence-corrected chi connectivity index (χ2v) is 4.41. The Morgan fingerprint density at radius 3 is 2.81 bits per heavy atom. The molecule has 0 spiro atoms. The van der Waals surface area contributed by atoms with Gasteiger partial charge in [0, 0.05) is 13.1 Å². The first-order valence-electron chi connectivity index (χ1n) is 5.53. The summed E-state index contributed by atoms with van der Waals surface area (Å²) in [7, 11) is 2.02. The highest BCUT2D eigenvalue weighted by Gasteiger charge is 2.31. The average Bonchev–Trinajstić information content (AvgIpc) is 3.11. The number of pyridine rings is 1. The number of aromatic nitrogens is 1. The third-order valence-electron chi connectivity index (χ3n) is 3.29. The van der Waals surface area contributed by atoms with Gasteiger partial charge in [-0.25, -0.2) is 4.98 Å². The van der Waals surface area contributed by atoms with Crippen LogP contribution in [0.2, 0.25) is 0 Å². The van der Waals surface area contributed by atoms with E-state index in [1.807, 2.05) is 19.2 Å². The van der Waals surface area contributed by atoms with Gasteiger partial charge in [-0.05, 0) is 37.8 Å². The van der Waals surface area contributed by atoms with Crippen molar-refractivity contribution >= 4 is 11.5 Å². The van der Waals surface area contributed by atoms with E-state index in [0.717, 1.165) is 11.7 Å². The van der Waals surface area contributed by atoms with E-state index in [2.05, 4.69) is 16.8 Å². The lowest BCUT2D eigenvalue weighted by Crippen LogP contribution is -2.31. The second-order valence-electron chi connectivity index (χ2n) is 4.41. The Morgan fingerprint density at radius 2 is 2.25 bits per heavy atom.